The number of aryl methyl sites for hydroxylation is 1. The SMILES string of the molecule is CCOC(=O)c1cc(N)ccc1Sc1nc(C)cs1. The van der Waals surface area contributed by atoms with E-state index < -0.39 is 0 Å². The van der Waals surface area contributed by atoms with Crippen LogP contribution in [0.1, 0.15) is 23.0 Å². The molecule has 0 saturated carbocycles. The number of hydrogen-bond acceptors (Lipinski definition) is 6. The molecule has 2 N–H and O–H groups in total. The van der Waals surface area contributed by atoms with Crippen LogP contribution in [-0.4, -0.2) is 17.6 Å². The van der Waals surface area contributed by atoms with Crippen LogP contribution in [0.25, 0.3) is 0 Å². The number of thiazole rings is 1. The Kier molecular flexibility index (Phi) is 4.44. The third-order valence-corrected chi connectivity index (χ3v) is 4.43. The normalized spacial score (nSPS) is 10.4. The summed E-state index contributed by atoms with van der Waals surface area (Å²) in [6.07, 6.45) is 0. The highest BCUT2D eigenvalue weighted by Crippen LogP contribution is 2.33. The number of aromatic nitrogens is 1. The van der Waals surface area contributed by atoms with Crippen molar-refractivity contribution < 1.29 is 9.53 Å². The van der Waals surface area contributed by atoms with Gasteiger partial charge in [0.1, 0.15) is 0 Å². The second-order valence-corrected chi connectivity index (χ2v) is 5.98. The maximum Gasteiger partial charge on any atom is 0.339 e. The minimum Gasteiger partial charge on any atom is -0.462 e. The molecule has 0 saturated heterocycles. The van der Waals surface area contributed by atoms with Crippen molar-refractivity contribution in [3.05, 3.63) is 34.8 Å². The zero-order chi connectivity index (χ0) is 13.8. The molecule has 6 heteroatoms. The van der Waals surface area contributed by atoms with Crippen molar-refractivity contribution in [2.45, 2.75) is 23.1 Å². The number of carbonyl (C=O) groups is 1. The van der Waals surface area contributed by atoms with Crippen molar-refractivity contribution in [1.29, 1.82) is 0 Å². The van der Waals surface area contributed by atoms with Gasteiger partial charge in [0, 0.05) is 21.7 Å². The van der Waals surface area contributed by atoms with Crippen molar-refractivity contribution >= 4 is 34.8 Å². The fourth-order valence-electron chi connectivity index (χ4n) is 1.48. The fourth-order valence-corrected chi connectivity index (χ4v) is 3.37. The Hall–Kier alpha value is -1.53. The molecule has 100 valence electrons. The van der Waals surface area contributed by atoms with Crippen LogP contribution in [0.3, 0.4) is 0 Å². The highest BCUT2D eigenvalue weighted by molar-refractivity contribution is 8.01. The molecule has 0 aliphatic carbocycles. The molecule has 0 bridgehead atoms. The van der Waals surface area contributed by atoms with Gasteiger partial charge in [0.25, 0.3) is 0 Å². The molecule has 2 rings (SSSR count). The van der Waals surface area contributed by atoms with Crippen LogP contribution in [0.15, 0.2) is 32.8 Å². The van der Waals surface area contributed by atoms with E-state index >= 15 is 0 Å². The number of nitrogens with two attached hydrogens (primary N) is 1. The van der Waals surface area contributed by atoms with Crippen LogP contribution in [0.2, 0.25) is 0 Å². The van der Waals surface area contributed by atoms with Crippen LogP contribution in [0.4, 0.5) is 5.69 Å². The van der Waals surface area contributed by atoms with Crippen LogP contribution in [-0.2, 0) is 4.74 Å². The molecular formula is C13H14N2O2S2. The maximum atomic E-state index is 11.9. The predicted molar refractivity (Wildman–Crippen MR) is 77.8 cm³/mol. The standard InChI is InChI=1S/C13H14N2O2S2/c1-3-17-12(16)10-6-9(14)4-5-11(10)19-13-15-8(2)7-18-13/h4-7H,3,14H2,1-2H3. The predicted octanol–water partition coefficient (Wildman–Crippen LogP) is 3.36. The molecule has 0 unspecified atom stereocenters. The van der Waals surface area contributed by atoms with Gasteiger partial charge in [-0.3, -0.25) is 0 Å². The molecule has 1 heterocycles. The highest BCUT2D eigenvalue weighted by Gasteiger charge is 2.15. The molecule has 0 atom stereocenters. The zero-order valence-electron chi connectivity index (χ0n) is 10.7. The van der Waals surface area contributed by atoms with Gasteiger partial charge in [-0.2, -0.15) is 0 Å². The lowest BCUT2D eigenvalue weighted by atomic mass is 10.2. The Labute approximate surface area is 120 Å². The number of nitrogen functional groups attached to an aromatic ring is 1. The lowest BCUT2D eigenvalue weighted by Crippen LogP contribution is -2.06. The molecule has 4 nitrogen and oxygen atoms in total. The summed E-state index contributed by atoms with van der Waals surface area (Å²) < 4.78 is 5.94. The summed E-state index contributed by atoms with van der Waals surface area (Å²) in [6, 6.07) is 5.23. The number of ether oxygens (including phenoxy) is 1. The molecule has 1 aromatic carbocycles. The summed E-state index contributed by atoms with van der Waals surface area (Å²) in [4.78, 5) is 17.1. The average Bonchev–Trinajstić information content (AvgIpc) is 2.77. The smallest absolute Gasteiger partial charge is 0.339 e. The van der Waals surface area contributed by atoms with Gasteiger partial charge in [0.15, 0.2) is 4.34 Å². The topological polar surface area (TPSA) is 65.2 Å². The van der Waals surface area contributed by atoms with Gasteiger partial charge in [0.05, 0.1) is 12.2 Å². The molecule has 2 aromatic rings. The van der Waals surface area contributed by atoms with Gasteiger partial charge >= 0.3 is 5.97 Å². The minimum atomic E-state index is -0.356. The lowest BCUT2D eigenvalue weighted by molar-refractivity contribution is 0.0522. The second-order valence-electron chi connectivity index (χ2n) is 3.83. The first-order chi connectivity index (χ1) is 9.10. The summed E-state index contributed by atoms with van der Waals surface area (Å²) in [5.74, 6) is -0.356. The summed E-state index contributed by atoms with van der Waals surface area (Å²) >= 11 is 3.00. The van der Waals surface area contributed by atoms with E-state index in [1.54, 1.807) is 30.4 Å². The molecule has 0 amide bonds. The molecule has 19 heavy (non-hydrogen) atoms. The summed E-state index contributed by atoms with van der Waals surface area (Å²) in [6.45, 7) is 4.06. The van der Waals surface area contributed by atoms with Crippen LogP contribution in [0.5, 0.6) is 0 Å². The van der Waals surface area contributed by atoms with Crippen molar-refractivity contribution in [3.8, 4) is 0 Å². The monoisotopic (exact) mass is 294 g/mol. The minimum absolute atomic E-state index is 0.341. The molecule has 0 aliphatic heterocycles. The van der Waals surface area contributed by atoms with E-state index in [1.165, 1.54) is 11.8 Å². The molecule has 0 aliphatic rings. The van der Waals surface area contributed by atoms with E-state index in [0.717, 1.165) is 14.9 Å². The Morgan fingerprint density at radius 3 is 2.95 bits per heavy atom. The van der Waals surface area contributed by atoms with Gasteiger partial charge in [0.2, 0.25) is 0 Å². The number of hydrogen-bond donors (Lipinski definition) is 1. The van der Waals surface area contributed by atoms with Crippen LogP contribution < -0.4 is 5.73 Å². The first-order valence-corrected chi connectivity index (χ1v) is 7.46. The number of benzene rings is 1. The lowest BCUT2D eigenvalue weighted by Gasteiger charge is -2.08. The third-order valence-electron chi connectivity index (χ3n) is 2.29. The average molecular weight is 294 g/mol. The summed E-state index contributed by atoms with van der Waals surface area (Å²) in [5, 5.41) is 1.98. The van der Waals surface area contributed by atoms with E-state index in [4.69, 9.17) is 10.5 Å². The molecule has 0 fully saturated rings. The molecular weight excluding hydrogens is 280 g/mol. The molecule has 1 aromatic heterocycles. The highest BCUT2D eigenvalue weighted by atomic mass is 32.2. The van der Waals surface area contributed by atoms with E-state index in [1.807, 2.05) is 18.4 Å². The van der Waals surface area contributed by atoms with Crippen molar-refractivity contribution in [2.75, 3.05) is 12.3 Å². The second kappa shape index (κ2) is 6.08. The molecule has 0 spiro atoms. The van der Waals surface area contributed by atoms with Gasteiger partial charge in [-0.05, 0) is 32.0 Å². The number of anilines is 1. The Morgan fingerprint density at radius 1 is 1.53 bits per heavy atom. The van der Waals surface area contributed by atoms with E-state index in [9.17, 15) is 4.79 Å². The van der Waals surface area contributed by atoms with Crippen LogP contribution >= 0.6 is 23.1 Å². The summed E-state index contributed by atoms with van der Waals surface area (Å²) in [7, 11) is 0. The number of rotatable bonds is 4. The molecule has 0 radical (unpaired) electrons. The largest absolute Gasteiger partial charge is 0.462 e. The Morgan fingerprint density at radius 2 is 2.32 bits per heavy atom. The van der Waals surface area contributed by atoms with Gasteiger partial charge in [-0.1, -0.05) is 11.8 Å². The number of carbonyl (C=O) groups excluding carboxylic acids is 1. The fraction of sp³-hybridized carbons (Fsp3) is 0.231. The zero-order valence-corrected chi connectivity index (χ0v) is 12.3. The first kappa shape index (κ1) is 13.9. The number of nitrogens with zero attached hydrogens (tertiary/aromatic N) is 1. The Bertz CT molecular complexity index is 596. The Balaban J connectivity index is 2.31. The summed E-state index contributed by atoms with van der Waals surface area (Å²) in [5.41, 5.74) is 7.73. The van der Waals surface area contributed by atoms with E-state index in [-0.39, 0.29) is 5.97 Å². The van der Waals surface area contributed by atoms with Gasteiger partial charge in [-0.15, -0.1) is 11.3 Å². The quantitative estimate of drug-likeness (QED) is 0.692. The first-order valence-electron chi connectivity index (χ1n) is 5.76. The van der Waals surface area contributed by atoms with Crippen LogP contribution in [0, 0.1) is 6.92 Å². The third kappa shape index (κ3) is 3.48. The maximum absolute atomic E-state index is 11.9. The van der Waals surface area contributed by atoms with E-state index in [2.05, 4.69) is 4.98 Å². The van der Waals surface area contributed by atoms with Gasteiger partial charge < -0.3 is 10.5 Å². The van der Waals surface area contributed by atoms with Crippen molar-refractivity contribution in [2.24, 2.45) is 0 Å². The van der Waals surface area contributed by atoms with Crippen molar-refractivity contribution in [1.82, 2.24) is 4.98 Å². The van der Waals surface area contributed by atoms with Gasteiger partial charge in [-0.25, -0.2) is 9.78 Å². The van der Waals surface area contributed by atoms with Crippen molar-refractivity contribution in [3.63, 3.8) is 0 Å². The number of esters is 1. The van der Waals surface area contributed by atoms with E-state index in [0.29, 0.717) is 17.9 Å².